The van der Waals surface area contributed by atoms with Gasteiger partial charge >= 0.3 is 0 Å². The fourth-order valence-electron chi connectivity index (χ4n) is 4.62. The molecule has 5 nitrogen and oxygen atoms in total. The van der Waals surface area contributed by atoms with Crippen molar-refractivity contribution >= 4 is 27.2 Å². The number of anilines is 1. The second-order valence-corrected chi connectivity index (χ2v) is 8.53. The van der Waals surface area contributed by atoms with Crippen molar-refractivity contribution in [3.8, 4) is 0 Å². The lowest BCUT2D eigenvalue weighted by Gasteiger charge is -2.36. The van der Waals surface area contributed by atoms with Gasteiger partial charge in [0.1, 0.15) is 0 Å². The number of H-pyrrole nitrogens is 1. The summed E-state index contributed by atoms with van der Waals surface area (Å²) in [6, 6.07) is 10.7. The topological polar surface area (TPSA) is 52.2 Å². The van der Waals surface area contributed by atoms with E-state index in [1.54, 1.807) is 11.3 Å². The zero-order valence-corrected chi connectivity index (χ0v) is 16.1. The van der Waals surface area contributed by atoms with E-state index in [0.717, 1.165) is 54.2 Å². The van der Waals surface area contributed by atoms with E-state index in [4.69, 9.17) is 0 Å². The fourth-order valence-corrected chi connectivity index (χ4v) is 5.32. The van der Waals surface area contributed by atoms with Gasteiger partial charge in [-0.1, -0.05) is 18.2 Å². The van der Waals surface area contributed by atoms with Gasteiger partial charge in [0.2, 0.25) is 0 Å². The maximum atomic E-state index is 12.4. The van der Waals surface area contributed by atoms with Gasteiger partial charge in [0.05, 0.1) is 0 Å². The standard InChI is InChI=1S/C21H24N4OS/c26-20-18-4-2-1-3-15(18)13-19(23-20)16-5-9-25(14-16)17-6-10-24(11-7-17)21-22-8-12-27-21/h1-4,8,12-13,16-17H,5-7,9-11,14H2,(H,23,26). The lowest BCUT2D eigenvalue weighted by molar-refractivity contribution is 0.205. The molecule has 1 aromatic carbocycles. The first-order chi connectivity index (χ1) is 13.3. The van der Waals surface area contributed by atoms with Crippen molar-refractivity contribution < 1.29 is 0 Å². The Morgan fingerprint density at radius 1 is 1.11 bits per heavy atom. The number of nitrogens with one attached hydrogen (secondary N) is 1. The summed E-state index contributed by atoms with van der Waals surface area (Å²) in [5.74, 6) is 0.430. The Morgan fingerprint density at radius 2 is 1.96 bits per heavy atom. The van der Waals surface area contributed by atoms with Crippen LogP contribution in [0.1, 0.15) is 30.9 Å². The second-order valence-electron chi connectivity index (χ2n) is 7.65. The van der Waals surface area contributed by atoms with Crippen LogP contribution in [0.4, 0.5) is 5.13 Å². The smallest absolute Gasteiger partial charge is 0.256 e. The monoisotopic (exact) mass is 380 g/mol. The Kier molecular flexibility index (Phi) is 4.45. The molecule has 5 rings (SSSR count). The van der Waals surface area contributed by atoms with Crippen molar-refractivity contribution in [2.24, 2.45) is 0 Å². The SMILES string of the molecule is O=c1[nH]c(C2CCN(C3CCN(c4nccs4)CC3)C2)cc2ccccc12. The van der Waals surface area contributed by atoms with Crippen LogP contribution in [0.2, 0.25) is 0 Å². The van der Waals surface area contributed by atoms with Crippen molar-refractivity contribution in [1.29, 1.82) is 0 Å². The van der Waals surface area contributed by atoms with Crippen LogP contribution in [0.15, 0.2) is 46.7 Å². The van der Waals surface area contributed by atoms with E-state index >= 15 is 0 Å². The molecule has 2 saturated heterocycles. The van der Waals surface area contributed by atoms with Crippen LogP contribution < -0.4 is 10.5 Å². The summed E-state index contributed by atoms with van der Waals surface area (Å²) in [5.41, 5.74) is 1.14. The average Bonchev–Trinajstić information content (AvgIpc) is 3.40. The minimum absolute atomic E-state index is 0.0401. The number of aromatic nitrogens is 2. The summed E-state index contributed by atoms with van der Waals surface area (Å²) in [4.78, 5) is 25.0. The van der Waals surface area contributed by atoms with Crippen LogP contribution in [0.5, 0.6) is 0 Å². The number of aromatic amines is 1. The third-order valence-corrected chi connectivity index (χ3v) is 6.94. The molecule has 0 amide bonds. The Bertz CT molecular complexity index is 975. The van der Waals surface area contributed by atoms with Crippen molar-refractivity contribution in [2.75, 3.05) is 31.1 Å². The summed E-state index contributed by atoms with van der Waals surface area (Å²) in [7, 11) is 0. The van der Waals surface area contributed by atoms with Crippen molar-refractivity contribution in [1.82, 2.24) is 14.9 Å². The minimum atomic E-state index is 0.0401. The van der Waals surface area contributed by atoms with Gasteiger partial charge in [0, 0.05) is 54.3 Å². The highest BCUT2D eigenvalue weighted by atomic mass is 32.1. The van der Waals surface area contributed by atoms with E-state index in [1.165, 1.54) is 12.8 Å². The van der Waals surface area contributed by atoms with E-state index in [9.17, 15) is 4.79 Å². The van der Waals surface area contributed by atoms with Gasteiger partial charge in [0.25, 0.3) is 5.56 Å². The number of pyridine rings is 1. The van der Waals surface area contributed by atoms with Crippen molar-refractivity contribution in [3.05, 3.63) is 58.0 Å². The second kappa shape index (κ2) is 7.09. The predicted octanol–water partition coefficient (Wildman–Crippen LogP) is 3.44. The van der Waals surface area contributed by atoms with E-state index in [1.807, 2.05) is 30.5 Å². The van der Waals surface area contributed by atoms with Crippen molar-refractivity contribution in [3.63, 3.8) is 0 Å². The van der Waals surface area contributed by atoms with E-state index in [0.29, 0.717) is 12.0 Å². The summed E-state index contributed by atoms with van der Waals surface area (Å²) in [5, 5.41) is 5.04. The third-order valence-electron chi connectivity index (χ3n) is 6.10. The molecule has 0 aliphatic carbocycles. The summed E-state index contributed by atoms with van der Waals surface area (Å²) >= 11 is 1.73. The number of hydrogen-bond donors (Lipinski definition) is 1. The molecule has 140 valence electrons. The molecule has 3 aromatic rings. The highest BCUT2D eigenvalue weighted by Gasteiger charge is 2.32. The Morgan fingerprint density at radius 3 is 2.78 bits per heavy atom. The molecule has 1 unspecified atom stereocenters. The minimum Gasteiger partial charge on any atom is -0.348 e. The van der Waals surface area contributed by atoms with Gasteiger partial charge in [0.15, 0.2) is 5.13 Å². The molecule has 0 radical (unpaired) electrons. The first-order valence-corrected chi connectivity index (χ1v) is 10.7. The van der Waals surface area contributed by atoms with E-state index < -0.39 is 0 Å². The average molecular weight is 381 g/mol. The number of rotatable bonds is 3. The van der Waals surface area contributed by atoms with Gasteiger partial charge in [-0.05, 0) is 43.3 Å². The summed E-state index contributed by atoms with van der Waals surface area (Å²) in [6.45, 7) is 4.36. The molecule has 4 heterocycles. The van der Waals surface area contributed by atoms with E-state index in [2.05, 4.69) is 31.2 Å². The molecule has 1 atom stereocenters. The van der Waals surface area contributed by atoms with Crippen LogP contribution in [0, 0.1) is 0 Å². The maximum absolute atomic E-state index is 12.4. The number of benzene rings is 1. The molecular formula is C21H24N4OS. The number of likely N-dealkylation sites (tertiary alicyclic amines) is 1. The molecular weight excluding hydrogens is 356 g/mol. The molecule has 6 heteroatoms. The summed E-state index contributed by atoms with van der Waals surface area (Å²) in [6.07, 6.45) is 5.41. The Balaban J connectivity index is 1.26. The van der Waals surface area contributed by atoms with Gasteiger partial charge in [-0.15, -0.1) is 11.3 Å². The first-order valence-electron chi connectivity index (χ1n) is 9.78. The van der Waals surface area contributed by atoms with Gasteiger partial charge < -0.3 is 9.88 Å². The van der Waals surface area contributed by atoms with Crippen LogP contribution in [-0.4, -0.2) is 47.1 Å². The largest absolute Gasteiger partial charge is 0.348 e. The normalized spacial score (nSPS) is 21.9. The van der Waals surface area contributed by atoms with Crippen LogP contribution in [0.3, 0.4) is 0 Å². The van der Waals surface area contributed by atoms with Gasteiger partial charge in [-0.3, -0.25) is 9.69 Å². The Hall–Kier alpha value is -2.18. The molecule has 0 saturated carbocycles. The first kappa shape index (κ1) is 17.0. The lowest BCUT2D eigenvalue weighted by atomic mass is 10.0. The number of thiazole rings is 1. The molecule has 27 heavy (non-hydrogen) atoms. The summed E-state index contributed by atoms with van der Waals surface area (Å²) < 4.78 is 0. The zero-order chi connectivity index (χ0) is 18.2. The van der Waals surface area contributed by atoms with Gasteiger partial charge in [-0.25, -0.2) is 4.98 Å². The van der Waals surface area contributed by atoms with Crippen LogP contribution in [-0.2, 0) is 0 Å². The zero-order valence-electron chi connectivity index (χ0n) is 15.3. The maximum Gasteiger partial charge on any atom is 0.256 e. The Labute approximate surface area is 162 Å². The predicted molar refractivity (Wildman–Crippen MR) is 111 cm³/mol. The number of piperidine rings is 1. The lowest BCUT2D eigenvalue weighted by Crippen LogP contribution is -2.44. The molecule has 0 bridgehead atoms. The number of hydrogen-bond acceptors (Lipinski definition) is 5. The number of fused-ring (bicyclic) bond motifs is 1. The molecule has 2 aliphatic heterocycles. The van der Waals surface area contributed by atoms with E-state index in [-0.39, 0.29) is 5.56 Å². The van der Waals surface area contributed by atoms with Gasteiger partial charge in [-0.2, -0.15) is 0 Å². The molecule has 0 spiro atoms. The molecule has 2 fully saturated rings. The molecule has 2 aromatic heterocycles. The quantitative estimate of drug-likeness (QED) is 0.756. The third kappa shape index (κ3) is 3.28. The molecule has 2 aliphatic rings. The highest BCUT2D eigenvalue weighted by molar-refractivity contribution is 7.13. The fraction of sp³-hybridized carbons (Fsp3) is 0.429. The number of nitrogens with zero attached hydrogens (tertiary/aromatic N) is 3. The van der Waals surface area contributed by atoms with Crippen LogP contribution >= 0.6 is 11.3 Å². The van der Waals surface area contributed by atoms with Crippen LogP contribution in [0.25, 0.3) is 10.8 Å². The molecule has 1 N–H and O–H groups in total. The highest BCUT2D eigenvalue weighted by Crippen LogP contribution is 2.31. The van der Waals surface area contributed by atoms with Crippen molar-refractivity contribution in [2.45, 2.75) is 31.2 Å².